The standard InChI is InChI=1S/C19H19NO6/c1-4-25-17-10-9-15(11-16(17)20(23)24)19(22)26-13(3)18(21)14-7-5-12(2)6-8-14/h5-11,13H,4H2,1-3H3/t13-/m1/s1. The molecule has 2 aromatic rings. The fourth-order valence-corrected chi connectivity index (χ4v) is 2.30. The molecule has 0 heterocycles. The summed E-state index contributed by atoms with van der Waals surface area (Å²) < 4.78 is 10.3. The summed E-state index contributed by atoms with van der Waals surface area (Å²) in [5.74, 6) is -1.10. The first-order chi connectivity index (χ1) is 12.3. The number of carbonyl (C=O) groups is 2. The lowest BCUT2D eigenvalue weighted by molar-refractivity contribution is -0.385. The number of nitro groups is 1. The summed E-state index contributed by atoms with van der Waals surface area (Å²) in [4.78, 5) is 35.1. The number of hydrogen-bond donors (Lipinski definition) is 0. The lowest BCUT2D eigenvalue weighted by Gasteiger charge is -2.13. The van der Waals surface area contributed by atoms with Crippen LogP contribution in [-0.2, 0) is 4.74 Å². The molecule has 1 atom stereocenters. The van der Waals surface area contributed by atoms with Crippen LogP contribution in [-0.4, -0.2) is 29.4 Å². The van der Waals surface area contributed by atoms with Crippen LogP contribution >= 0.6 is 0 Å². The molecule has 0 radical (unpaired) electrons. The number of esters is 1. The van der Waals surface area contributed by atoms with E-state index in [2.05, 4.69) is 0 Å². The topological polar surface area (TPSA) is 95.7 Å². The van der Waals surface area contributed by atoms with Crippen LogP contribution in [0.3, 0.4) is 0 Å². The highest BCUT2D eigenvalue weighted by Gasteiger charge is 2.23. The second kappa shape index (κ2) is 8.24. The normalized spacial score (nSPS) is 11.5. The van der Waals surface area contributed by atoms with Gasteiger partial charge in [0.1, 0.15) is 0 Å². The van der Waals surface area contributed by atoms with Gasteiger partial charge in [-0.1, -0.05) is 29.8 Å². The Labute approximate surface area is 150 Å². The number of aryl methyl sites for hydroxylation is 1. The molecule has 0 aliphatic heterocycles. The van der Waals surface area contributed by atoms with Crippen molar-refractivity contribution >= 4 is 17.4 Å². The second-order valence-corrected chi connectivity index (χ2v) is 5.65. The molecule has 0 amide bonds. The van der Waals surface area contributed by atoms with Crippen LogP contribution in [0.25, 0.3) is 0 Å². The van der Waals surface area contributed by atoms with Crippen LogP contribution < -0.4 is 4.74 Å². The number of nitro benzene ring substituents is 1. The monoisotopic (exact) mass is 357 g/mol. The van der Waals surface area contributed by atoms with Crippen molar-refractivity contribution in [1.82, 2.24) is 0 Å². The SMILES string of the molecule is CCOc1ccc(C(=O)O[C@H](C)C(=O)c2ccc(C)cc2)cc1[N+](=O)[O-]. The van der Waals surface area contributed by atoms with Crippen molar-refractivity contribution in [3.8, 4) is 5.75 Å². The van der Waals surface area contributed by atoms with Gasteiger partial charge in [-0.05, 0) is 32.9 Å². The molecule has 0 aliphatic rings. The summed E-state index contributed by atoms with van der Waals surface area (Å²) in [5.41, 5.74) is 1.07. The van der Waals surface area contributed by atoms with Crippen molar-refractivity contribution in [1.29, 1.82) is 0 Å². The summed E-state index contributed by atoms with van der Waals surface area (Å²) in [6.45, 7) is 5.32. The highest BCUT2D eigenvalue weighted by Crippen LogP contribution is 2.28. The van der Waals surface area contributed by atoms with E-state index in [4.69, 9.17) is 9.47 Å². The third-order valence-electron chi connectivity index (χ3n) is 3.68. The van der Waals surface area contributed by atoms with Gasteiger partial charge in [0.15, 0.2) is 11.9 Å². The fraction of sp³-hybridized carbons (Fsp3) is 0.263. The number of Topliss-reactive ketones (excluding diaryl/α,β-unsaturated/α-hetero) is 1. The van der Waals surface area contributed by atoms with Crippen LogP contribution in [0.4, 0.5) is 5.69 Å². The Kier molecular flexibility index (Phi) is 6.06. The number of hydrogen-bond acceptors (Lipinski definition) is 6. The van der Waals surface area contributed by atoms with Crippen molar-refractivity contribution in [2.45, 2.75) is 26.9 Å². The Morgan fingerprint density at radius 2 is 1.73 bits per heavy atom. The number of carbonyl (C=O) groups excluding carboxylic acids is 2. The van der Waals surface area contributed by atoms with Gasteiger partial charge in [0.05, 0.1) is 17.1 Å². The Morgan fingerprint density at radius 1 is 1.12 bits per heavy atom. The zero-order valence-corrected chi connectivity index (χ0v) is 14.7. The number of nitrogens with zero attached hydrogens (tertiary/aromatic N) is 1. The Hall–Kier alpha value is -3.22. The van der Waals surface area contributed by atoms with Gasteiger partial charge in [-0.25, -0.2) is 4.79 Å². The zero-order valence-electron chi connectivity index (χ0n) is 14.7. The van der Waals surface area contributed by atoms with E-state index in [1.165, 1.54) is 19.1 Å². The minimum atomic E-state index is -1.02. The molecule has 0 saturated carbocycles. The molecular formula is C19H19NO6. The Morgan fingerprint density at radius 3 is 2.31 bits per heavy atom. The van der Waals surface area contributed by atoms with Crippen LogP contribution in [0.2, 0.25) is 0 Å². The first-order valence-electron chi connectivity index (χ1n) is 8.06. The lowest BCUT2D eigenvalue weighted by atomic mass is 10.1. The quantitative estimate of drug-likeness (QED) is 0.324. The maximum atomic E-state index is 12.3. The molecule has 0 aliphatic carbocycles. The molecular weight excluding hydrogens is 338 g/mol. The smallest absolute Gasteiger partial charge is 0.339 e. The zero-order chi connectivity index (χ0) is 19.3. The maximum absolute atomic E-state index is 12.3. The summed E-state index contributed by atoms with van der Waals surface area (Å²) in [6, 6.07) is 10.7. The van der Waals surface area contributed by atoms with E-state index in [0.29, 0.717) is 5.56 Å². The summed E-state index contributed by atoms with van der Waals surface area (Å²) >= 11 is 0. The Balaban J connectivity index is 2.16. The number of benzene rings is 2. The van der Waals surface area contributed by atoms with E-state index in [-0.39, 0.29) is 29.4 Å². The number of ether oxygens (including phenoxy) is 2. The first kappa shape index (κ1) is 19.1. The summed E-state index contributed by atoms with van der Waals surface area (Å²) in [5, 5.41) is 11.1. The molecule has 136 valence electrons. The molecule has 0 N–H and O–H groups in total. The molecule has 0 bridgehead atoms. The molecule has 0 fully saturated rings. The third-order valence-corrected chi connectivity index (χ3v) is 3.68. The number of ketones is 1. The van der Waals surface area contributed by atoms with Gasteiger partial charge in [0.25, 0.3) is 0 Å². The van der Waals surface area contributed by atoms with E-state index in [1.807, 2.05) is 6.92 Å². The lowest BCUT2D eigenvalue weighted by Crippen LogP contribution is -2.24. The van der Waals surface area contributed by atoms with Gasteiger partial charge < -0.3 is 9.47 Å². The highest BCUT2D eigenvalue weighted by atomic mass is 16.6. The predicted octanol–water partition coefficient (Wildman–Crippen LogP) is 3.73. The van der Waals surface area contributed by atoms with Crippen LogP contribution in [0.15, 0.2) is 42.5 Å². The molecule has 0 aromatic heterocycles. The largest absolute Gasteiger partial charge is 0.487 e. The van der Waals surface area contributed by atoms with Crippen LogP contribution in [0.1, 0.15) is 40.1 Å². The van der Waals surface area contributed by atoms with E-state index in [9.17, 15) is 19.7 Å². The average molecular weight is 357 g/mol. The molecule has 7 heteroatoms. The van der Waals surface area contributed by atoms with Crippen molar-refractivity contribution in [2.24, 2.45) is 0 Å². The van der Waals surface area contributed by atoms with Crippen molar-refractivity contribution < 1.29 is 24.0 Å². The molecule has 2 rings (SSSR count). The molecule has 0 spiro atoms. The molecule has 0 saturated heterocycles. The molecule has 26 heavy (non-hydrogen) atoms. The predicted molar refractivity (Wildman–Crippen MR) is 94.7 cm³/mol. The summed E-state index contributed by atoms with van der Waals surface area (Å²) in [7, 11) is 0. The minimum Gasteiger partial charge on any atom is -0.487 e. The van der Waals surface area contributed by atoms with Crippen molar-refractivity contribution in [3.05, 3.63) is 69.3 Å². The third kappa shape index (κ3) is 4.44. The minimum absolute atomic E-state index is 0.0243. The van der Waals surface area contributed by atoms with Gasteiger partial charge in [-0.15, -0.1) is 0 Å². The Bertz CT molecular complexity index is 828. The fourth-order valence-electron chi connectivity index (χ4n) is 2.30. The molecule has 2 aromatic carbocycles. The van der Waals surface area contributed by atoms with Gasteiger partial charge in [0.2, 0.25) is 5.78 Å². The summed E-state index contributed by atoms with van der Waals surface area (Å²) in [6.07, 6.45) is -1.02. The van der Waals surface area contributed by atoms with E-state index in [1.54, 1.807) is 31.2 Å². The van der Waals surface area contributed by atoms with Gasteiger partial charge >= 0.3 is 11.7 Å². The molecule has 0 unspecified atom stereocenters. The molecule has 7 nitrogen and oxygen atoms in total. The average Bonchev–Trinajstić information content (AvgIpc) is 2.62. The van der Waals surface area contributed by atoms with Crippen molar-refractivity contribution in [3.63, 3.8) is 0 Å². The van der Waals surface area contributed by atoms with E-state index >= 15 is 0 Å². The van der Waals surface area contributed by atoms with E-state index < -0.39 is 17.0 Å². The second-order valence-electron chi connectivity index (χ2n) is 5.65. The van der Waals surface area contributed by atoms with Crippen molar-refractivity contribution in [2.75, 3.05) is 6.61 Å². The first-order valence-corrected chi connectivity index (χ1v) is 8.06. The van der Waals surface area contributed by atoms with Gasteiger partial charge in [0, 0.05) is 11.6 Å². The van der Waals surface area contributed by atoms with Crippen LogP contribution in [0.5, 0.6) is 5.75 Å². The van der Waals surface area contributed by atoms with Crippen LogP contribution in [0, 0.1) is 17.0 Å². The van der Waals surface area contributed by atoms with Gasteiger partial charge in [-0.2, -0.15) is 0 Å². The maximum Gasteiger partial charge on any atom is 0.339 e. The van der Waals surface area contributed by atoms with E-state index in [0.717, 1.165) is 11.6 Å². The number of rotatable bonds is 7. The van der Waals surface area contributed by atoms with Gasteiger partial charge in [-0.3, -0.25) is 14.9 Å². The highest BCUT2D eigenvalue weighted by molar-refractivity contribution is 6.01.